The third-order valence-corrected chi connectivity index (χ3v) is 4.05. The van der Waals surface area contributed by atoms with Crippen LogP contribution in [0.5, 0.6) is 5.75 Å². The summed E-state index contributed by atoms with van der Waals surface area (Å²) in [5, 5.41) is 0. The van der Waals surface area contributed by atoms with Crippen LogP contribution in [-0.2, 0) is 11.3 Å². The predicted molar refractivity (Wildman–Crippen MR) is 93.8 cm³/mol. The van der Waals surface area contributed by atoms with Gasteiger partial charge >= 0.3 is 6.09 Å². The SMILES string of the molecule is COc1cc(Br)cc(CN2CCN(C(=O)OC(C)(C)C)CC2)c1. The zero-order valence-corrected chi connectivity index (χ0v) is 15.9. The molecule has 5 nitrogen and oxygen atoms in total. The molecule has 1 saturated heterocycles. The lowest BCUT2D eigenvalue weighted by Crippen LogP contribution is -2.49. The van der Waals surface area contributed by atoms with Gasteiger partial charge in [-0.2, -0.15) is 0 Å². The van der Waals surface area contributed by atoms with Crippen molar-refractivity contribution in [2.45, 2.75) is 32.9 Å². The molecule has 128 valence electrons. The van der Waals surface area contributed by atoms with E-state index in [-0.39, 0.29) is 6.09 Å². The average Bonchev–Trinajstić information content (AvgIpc) is 2.45. The summed E-state index contributed by atoms with van der Waals surface area (Å²) in [5.41, 5.74) is 0.753. The first-order chi connectivity index (χ1) is 10.8. The number of ether oxygens (including phenoxy) is 2. The van der Waals surface area contributed by atoms with Crippen LogP contribution >= 0.6 is 15.9 Å². The first kappa shape index (κ1) is 18.1. The second-order valence-electron chi connectivity index (χ2n) is 6.74. The van der Waals surface area contributed by atoms with E-state index in [1.807, 2.05) is 32.9 Å². The molecule has 1 aromatic carbocycles. The molecule has 2 rings (SSSR count). The maximum atomic E-state index is 12.1. The number of nitrogens with zero attached hydrogens (tertiary/aromatic N) is 2. The van der Waals surface area contributed by atoms with Crippen molar-refractivity contribution in [3.63, 3.8) is 0 Å². The zero-order chi connectivity index (χ0) is 17.0. The fraction of sp³-hybridized carbons (Fsp3) is 0.588. The highest BCUT2D eigenvalue weighted by Crippen LogP contribution is 2.22. The first-order valence-electron chi connectivity index (χ1n) is 7.80. The molecule has 0 bridgehead atoms. The van der Waals surface area contributed by atoms with Crippen molar-refractivity contribution >= 4 is 22.0 Å². The van der Waals surface area contributed by atoms with Crippen LogP contribution in [0.4, 0.5) is 4.79 Å². The Labute approximate surface area is 146 Å². The molecule has 0 unspecified atom stereocenters. The third kappa shape index (κ3) is 5.70. The fourth-order valence-electron chi connectivity index (χ4n) is 2.50. The van der Waals surface area contributed by atoms with Crippen molar-refractivity contribution in [2.75, 3.05) is 33.3 Å². The molecule has 0 aromatic heterocycles. The number of hydrogen-bond acceptors (Lipinski definition) is 4. The van der Waals surface area contributed by atoms with Crippen molar-refractivity contribution in [3.05, 3.63) is 28.2 Å². The van der Waals surface area contributed by atoms with E-state index in [4.69, 9.17) is 9.47 Å². The molecule has 1 fully saturated rings. The summed E-state index contributed by atoms with van der Waals surface area (Å²) in [4.78, 5) is 16.2. The number of rotatable bonds is 3. The quantitative estimate of drug-likeness (QED) is 0.799. The molecule has 0 N–H and O–H groups in total. The number of hydrogen-bond donors (Lipinski definition) is 0. The molecule has 1 aromatic rings. The molecule has 0 radical (unpaired) electrons. The number of piperazine rings is 1. The highest BCUT2D eigenvalue weighted by Gasteiger charge is 2.25. The lowest BCUT2D eigenvalue weighted by Gasteiger charge is -2.35. The predicted octanol–water partition coefficient (Wildman–Crippen LogP) is 3.51. The lowest BCUT2D eigenvalue weighted by atomic mass is 10.2. The minimum atomic E-state index is -0.443. The van der Waals surface area contributed by atoms with Gasteiger partial charge in [-0.15, -0.1) is 0 Å². The normalized spacial score (nSPS) is 16.3. The van der Waals surface area contributed by atoms with E-state index in [1.54, 1.807) is 12.0 Å². The standard InChI is InChI=1S/C17H25BrN2O3/c1-17(2,3)23-16(21)20-7-5-19(6-8-20)12-13-9-14(18)11-15(10-13)22-4/h9-11H,5-8,12H2,1-4H3. The summed E-state index contributed by atoms with van der Waals surface area (Å²) in [6, 6.07) is 6.09. The van der Waals surface area contributed by atoms with Gasteiger partial charge in [-0.05, 0) is 44.5 Å². The van der Waals surface area contributed by atoms with Gasteiger partial charge in [0, 0.05) is 37.2 Å². The summed E-state index contributed by atoms with van der Waals surface area (Å²) in [7, 11) is 1.67. The molecular weight excluding hydrogens is 360 g/mol. The van der Waals surface area contributed by atoms with Crippen LogP contribution in [0.2, 0.25) is 0 Å². The van der Waals surface area contributed by atoms with Crippen LogP contribution in [0.1, 0.15) is 26.3 Å². The van der Waals surface area contributed by atoms with Gasteiger partial charge in [-0.25, -0.2) is 4.79 Å². The third-order valence-electron chi connectivity index (χ3n) is 3.60. The van der Waals surface area contributed by atoms with E-state index < -0.39 is 5.60 Å². The van der Waals surface area contributed by atoms with Gasteiger partial charge in [0.2, 0.25) is 0 Å². The smallest absolute Gasteiger partial charge is 0.410 e. The van der Waals surface area contributed by atoms with Crippen LogP contribution in [0, 0.1) is 0 Å². The largest absolute Gasteiger partial charge is 0.497 e. The average molecular weight is 385 g/mol. The Bertz CT molecular complexity index is 549. The van der Waals surface area contributed by atoms with Crippen LogP contribution in [-0.4, -0.2) is 54.8 Å². The second kappa shape index (κ2) is 7.53. The van der Waals surface area contributed by atoms with Crippen LogP contribution in [0.3, 0.4) is 0 Å². The van der Waals surface area contributed by atoms with E-state index >= 15 is 0 Å². The van der Waals surface area contributed by atoms with Crippen molar-refractivity contribution < 1.29 is 14.3 Å². The summed E-state index contributed by atoms with van der Waals surface area (Å²) >= 11 is 3.51. The van der Waals surface area contributed by atoms with Crippen molar-refractivity contribution in [3.8, 4) is 5.75 Å². The minimum Gasteiger partial charge on any atom is -0.497 e. The molecule has 1 amide bonds. The molecule has 1 aliphatic heterocycles. The van der Waals surface area contributed by atoms with Crippen molar-refractivity contribution in [2.24, 2.45) is 0 Å². The number of benzene rings is 1. The Kier molecular flexibility index (Phi) is 5.92. The zero-order valence-electron chi connectivity index (χ0n) is 14.3. The fourth-order valence-corrected chi connectivity index (χ4v) is 3.02. The Morgan fingerprint density at radius 1 is 1.17 bits per heavy atom. The van der Waals surface area contributed by atoms with E-state index in [2.05, 4.69) is 26.9 Å². The summed E-state index contributed by atoms with van der Waals surface area (Å²) < 4.78 is 11.7. The molecule has 0 spiro atoms. The maximum absolute atomic E-state index is 12.1. The molecule has 23 heavy (non-hydrogen) atoms. The number of halogens is 1. The van der Waals surface area contributed by atoms with E-state index in [1.165, 1.54) is 5.56 Å². The summed E-state index contributed by atoms with van der Waals surface area (Å²) in [5.74, 6) is 0.849. The Morgan fingerprint density at radius 3 is 2.39 bits per heavy atom. The van der Waals surface area contributed by atoms with Gasteiger partial charge in [0.25, 0.3) is 0 Å². The molecule has 0 saturated carbocycles. The summed E-state index contributed by atoms with van der Waals surface area (Å²) in [6.45, 7) is 9.59. The highest BCUT2D eigenvalue weighted by molar-refractivity contribution is 9.10. The number of methoxy groups -OCH3 is 1. The minimum absolute atomic E-state index is 0.221. The van der Waals surface area contributed by atoms with E-state index in [0.717, 1.165) is 29.9 Å². The van der Waals surface area contributed by atoms with E-state index in [0.29, 0.717) is 13.1 Å². The lowest BCUT2D eigenvalue weighted by molar-refractivity contribution is 0.0139. The van der Waals surface area contributed by atoms with Crippen LogP contribution < -0.4 is 4.74 Å². The second-order valence-corrected chi connectivity index (χ2v) is 7.66. The van der Waals surface area contributed by atoms with Crippen molar-refractivity contribution in [1.82, 2.24) is 9.80 Å². The van der Waals surface area contributed by atoms with Crippen LogP contribution in [0.15, 0.2) is 22.7 Å². The monoisotopic (exact) mass is 384 g/mol. The molecular formula is C17H25BrN2O3. The molecule has 1 heterocycles. The van der Waals surface area contributed by atoms with Gasteiger partial charge in [0.05, 0.1) is 7.11 Å². The van der Waals surface area contributed by atoms with Gasteiger partial charge in [0.1, 0.15) is 11.4 Å². The Morgan fingerprint density at radius 2 is 1.83 bits per heavy atom. The molecule has 0 atom stereocenters. The Hall–Kier alpha value is -1.27. The highest BCUT2D eigenvalue weighted by atomic mass is 79.9. The summed E-state index contributed by atoms with van der Waals surface area (Å²) in [6.07, 6.45) is -0.221. The molecule has 1 aliphatic rings. The van der Waals surface area contributed by atoms with Crippen molar-refractivity contribution in [1.29, 1.82) is 0 Å². The van der Waals surface area contributed by atoms with Gasteiger partial charge in [-0.1, -0.05) is 15.9 Å². The number of carbonyl (C=O) groups excluding carboxylic acids is 1. The van der Waals surface area contributed by atoms with Gasteiger partial charge in [-0.3, -0.25) is 4.90 Å². The topological polar surface area (TPSA) is 42.0 Å². The van der Waals surface area contributed by atoms with Gasteiger partial charge < -0.3 is 14.4 Å². The number of carbonyl (C=O) groups is 1. The van der Waals surface area contributed by atoms with Crippen LogP contribution in [0.25, 0.3) is 0 Å². The first-order valence-corrected chi connectivity index (χ1v) is 8.60. The number of amides is 1. The maximum Gasteiger partial charge on any atom is 0.410 e. The molecule has 0 aliphatic carbocycles. The van der Waals surface area contributed by atoms with Gasteiger partial charge in [0.15, 0.2) is 0 Å². The molecule has 6 heteroatoms. The van der Waals surface area contributed by atoms with E-state index in [9.17, 15) is 4.79 Å². The Balaban J connectivity index is 1.87.